The van der Waals surface area contributed by atoms with Gasteiger partial charge in [-0.2, -0.15) is 5.10 Å². The topological polar surface area (TPSA) is 73.1 Å². The van der Waals surface area contributed by atoms with Crippen molar-refractivity contribution in [3.63, 3.8) is 0 Å². The van der Waals surface area contributed by atoms with E-state index in [0.29, 0.717) is 23.9 Å². The van der Waals surface area contributed by atoms with Crippen LogP contribution >= 0.6 is 0 Å². The number of morpholine rings is 1. The van der Waals surface area contributed by atoms with Crippen LogP contribution in [0.25, 0.3) is 11.4 Å². The van der Waals surface area contributed by atoms with Crippen LogP contribution in [0.2, 0.25) is 0 Å². The van der Waals surface area contributed by atoms with Crippen molar-refractivity contribution in [3.05, 3.63) is 77.0 Å². The first-order valence-corrected chi connectivity index (χ1v) is 13.0. The van der Waals surface area contributed by atoms with Crippen molar-refractivity contribution in [2.75, 3.05) is 26.3 Å². The number of Topliss-reactive ketones (excluding diaryl/α,β-unsaturated/α-hetero) is 1. The lowest BCUT2D eigenvalue weighted by Crippen LogP contribution is -2.43. The third-order valence-electron chi connectivity index (χ3n) is 7.43. The summed E-state index contributed by atoms with van der Waals surface area (Å²) >= 11 is 0. The van der Waals surface area contributed by atoms with E-state index in [1.165, 1.54) is 11.1 Å². The molecule has 0 N–H and O–H groups in total. The Morgan fingerprint density at radius 2 is 1.92 bits per heavy atom. The van der Waals surface area contributed by atoms with Gasteiger partial charge in [-0.1, -0.05) is 32.1 Å². The molecular formula is C29H35N5O2. The molecule has 1 atom stereocenters. The number of allylic oxidation sites excluding steroid dienone is 1. The number of pyridine rings is 2. The van der Waals surface area contributed by atoms with Crippen molar-refractivity contribution in [1.82, 2.24) is 24.6 Å². The summed E-state index contributed by atoms with van der Waals surface area (Å²) in [5.74, 6) is 1.18. The minimum atomic E-state index is 0.0392. The molecule has 0 aromatic carbocycles. The van der Waals surface area contributed by atoms with E-state index >= 15 is 0 Å². The first-order valence-electron chi connectivity index (χ1n) is 13.0. The van der Waals surface area contributed by atoms with Gasteiger partial charge in [-0.05, 0) is 60.9 Å². The lowest BCUT2D eigenvalue weighted by molar-refractivity contribution is 0.0150. The molecular weight excluding hydrogens is 450 g/mol. The second kappa shape index (κ2) is 10.8. The molecule has 1 aliphatic carbocycles. The van der Waals surface area contributed by atoms with Gasteiger partial charge in [-0.15, -0.1) is 0 Å². The van der Waals surface area contributed by atoms with Gasteiger partial charge in [0.25, 0.3) is 0 Å². The number of rotatable bonds is 7. The van der Waals surface area contributed by atoms with Gasteiger partial charge in [0.05, 0.1) is 36.4 Å². The molecule has 36 heavy (non-hydrogen) atoms. The number of hydrogen-bond donors (Lipinski definition) is 0. The highest BCUT2D eigenvalue weighted by Crippen LogP contribution is 2.29. The van der Waals surface area contributed by atoms with E-state index in [-0.39, 0.29) is 5.78 Å². The molecule has 3 aromatic rings. The number of aromatic nitrogens is 4. The Bertz CT molecular complexity index is 1220. The molecule has 1 fully saturated rings. The molecule has 7 nitrogen and oxygen atoms in total. The van der Waals surface area contributed by atoms with Gasteiger partial charge in [-0.3, -0.25) is 14.7 Å². The van der Waals surface area contributed by atoms with Crippen LogP contribution in [0.3, 0.4) is 0 Å². The smallest absolute Gasteiger partial charge is 0.170 e. The highest BCUT2D eigenvalue weighted by Gasteiger charge is 2.24. The van der Waals surface area contributed by atoms with E-state index in [1.54, 1.807) is 10.9 Å². The molecule has 4 heterocycles. The second-order valence-corrected chi connectivity index (χ2v) is 10.1. The fraction of sp³-hybridized carbons (Fsp3) is 0.448. The third-order valence-corrected chi connectivity index (χ3v) is 7.43. The number of hydrogen-bond acceptors (Lipinski definition) is 6. The number of carbonyl (C=O) groups is 1. The van der Waals surface area contributed by atoms with Crippen LogP contribution in [0.4, 0.5) is 0 Å². The minimum Gasteiger partial charge on any atom is -0.379 e. The summed E-state index contributed by atoms with van der Waals surface area (Å²) in [7, 11) is 0. The number of ketones is 1. The monoisotopic (exact) mass is 485 g/mol. The molecule has 188 valence electrons. The Morgan fingerprint density at radius 3 is 2.56 bits per heavy atom. The molecule has 0 amide bonds. The summed E-state index contributed by atoms with van der Waals surface area (Å²) in [6, 6.07) is 8.71. The molecule has 7 heteroatoms. The summed E-state index contributed by atoms with van der Waals surface area (Å²) in [6.45, 7) is 9.96. The van der Waals surface area contributed by atoms with Crippen LogP contribution in [0.15, 0.2) is 48.9 Å². The largest absolute Gasteiger partial charge is 0.379 e. The van der Waals surface area contributed by atoms with Crippen molar-refractivity contribution >= 4 is 11.4 Å². The Labute approximate surface area is 213 Å². The zero-order valence-corrected chi connectivity index (χ0v) is 21.5. The van der Waals surface area contributed by atoms with E-state index in [0.717, 1.165) is 68.3 Å². The van der Waals surface area contributed by atoms with Crippen molar-refractivity contribution in [1.29, 1.82) is 0 Å². The van der Waals surface area contributed by atoms with Crippen LogP contribution in [0.1, 0.15) is 71.9 Å². The quantitative estimate of drug-likeness (QED) is 0.448. The predicted octanol–water partition coefficient (Wildman–Crippen LogP) is 4.79. The fourth-order valence-corrected chi connectivity index (χ4v) is 5.11. The van der Waals surface area contributed by atoms with Crippen molar-refractivity contribution < 1.29 is 9.53 Å². The average Bonchev–Trinajstić information content (AvgIpc) is 3.31. The van der Waals surface area contributed by atoms with E-state index < -0.39 is 0 Å². The van der Waals surface area contributed by atoms with Crippen LogP contribution in [-0.2, 0) is 11.2 Å². The molecule has 1 aliphatic heterocycles. The van der Waals surface area contributed by atoms with Gasteiger partial charge in [0.15, 0.2) is 11.6 Å². The first kappa shape index (κ1) is 24.5. The molecule has 0 saturated carbocycles. The minimum absolute atomic E-state index is 0.0392. The van der Waals surface area contributed by atoms with Gasteiger partial charge < -0.3 is 4.74 Å². The van der Waals surface area contributed by atoms with E-state index in [4.69, 9.17) is 9.72 Å². The number of ether oxygens (including phenoxy) is 1. The summed E-state index contributed by atoms with van der Waals surface area (Å²) < 4.78 is 7.22. The fourth-order valence-electron chi connectivity index (χ4n) is 5.11. The average molecular weight is 486 g/mol. The lowest BCUT2D eigenvalue weighted by atomic mass is 9.91. The molecule has 1 unspecified atom stereocenters. The number of nitrogens with zero attached hydrogens (tertiary/aromatic N) is 5. The predicted molar refractivity (Wildman–Crippen MR) is 140 cm³/mol. The highest BCUT2D eigenvalue weighted by molar-refractivity contribution is 5.98. The van der Waals surface area contributed by atoms with Gasteiger partial charge in [0, 0.05) is 37.9 Å². The first-order chi connectivity index (χ1) is 17.5. The molecule has 5 rings (SSSR count). The SMILES string of the molecule is Cc1c(C(=O)Cc2ccc(C3=CCC(N4CCOCC4)CC3)nc2)cnn1-c1ccc(C(C)C)cn1. The summed E-state index contributed by atoms with van der Waals surface area (Å²) in [4.78, 5) is 24.9. The molecule has 1 saturated heterocycles. The Hall–Kier alpha value is -3.16. The maximum Gasteiger partial charge on any atom is 0.170 e. The van der Waals surface area contributed by atoms with Gasteiger partial charge in [0.1, 0.15) is 0 Å². The van der Waals surface area contributed by atoms with Crippen molar-refractivity contribution in [2.24, 2.45) is 0 Å². The van der Waals surface area contributed by atoms with Crippen LogP contribution in [0.5, 0.6) is 0 Å². The number of carbonyl (C=O) groups excluding carboxylic acids is 1. The Balaban J connectivity index is 1.22. The second-order valence-electron chi connectivity index (χ2n) is 10.1. The molecule has 3 aromatic heterocycles. The van der Waals surface area contributed by atoms with Gasteiger partial charge >= 0.3 is 0 Å². The summed E-state index contributed by atoms with van der Waals surface area (Å²) in [5.41, 5.74) is 5.85. The Morgan fingerprint density at radius 1 is 1.08 bits per heavy atom. The summed E-state index contributed by atoms with van der Waals surface area (Å²) in [6.07, 6.45) is 11.3. The lowest BCUT2D eigenvalue weighted by Gasteiger charge is -2.36. The van der Waals surface area contributed by atoms with Crippen LogP contribution in [0, 0.1) is 6.92 Å². The molecule has 0 radical (unpaired) electrons. The van der Waals surface area contributed by atoms with E-state index in [9.17, 15) is 4.79 Å². The highest BCUT2D eigenvalue weighted by atomic mass is 16.5. The van der Waals surface area contributed by atoms with Crippen molar-refractivity contribution in [2.45, 2.75) is 58.4 Å². The van der Waals surface area contributed by atoms with E-state index in [1.807, 2.05) is 31.5 Å². The van der Waals surface area contributed by atoms with Crippen LogP contribution in [-0.4, -0.2) is 62.8 Å². The maximum atomic E-state index is 13.1. The molecule has 2 aliphatic rings. The standard InChI is InChI=1S/C29H35N5O2/c1-20(2)24-7-11-29(31-18-24)34-21(3)26(19-32-34)28(35)16-22-4-10-27(30-17-22)23-5-8-25(9-6-23)33-12-14-36-15-13-33/h4-5,7,10-11,17-20,25H,6,8-9,12-16H2,1-3H3. The zero-order chi connectivity index (χ0) is 25.1. The normalized spacial score (nSPS) is 18.9. The van der Waals surface area contributed by atoms with Gasteiger partial charge in [0.2, 0.25) is 0 Å². The summed E-state index contributed by atoms with van der Waals surface area (Å²) in [5, 5.41) is 4.44. The molecule has 0 bridgehead atoms. The van der Waals surface area contributed by atoms with E-state index in [2.05, 4.69) is 47.0 Å². The van der Waals surface area contributed by atoms with Crippen molar-refractivity contribution in [3.8, 4) is 5.82 Å². The Kier molecular flexibility index (Phi) is 7.39. The van der Waals surface area contributed by atoms with Gasteiger partial charge in [-0.25, -0.2) is 9.67 Å². The third kappa shape index (κ3) is 5.32. The molecule has 0 spiro atoms. The van der Waals surface area contributed by atoms with Crippen LogP contribution < -0.4 is 0 Å². The zero-order valence-electron chi connectivity index (χ0n) is 21.5. The maximum absolute atomic E-state index is 13.1.